The number of hydrogen-bond donors (Lipinski definition) is 2. The van der Waals surface area contributed by atoms with Gasteiger partial charge in [0.1, 0.15) is 17.2 Å². The van der Waals surface area contributed by atoms with Crippen LogP contribution in [0, 0.1) is 18.8 Å². The molecule has 0 fully saturated rings. The van der Waals surface area contributed by atoms with Gasteiger partial charge in [0.15, 0.2) is 0 Å². The predicted molar refractivity (Wildman–Crippen MR) is 179 cm³/mol. The number of methoxy groups -OCH3 is 1. The molecule has 1 aliphatic heterocycles. The molecule has 1 aliphatic rings. The lowest BCUT2D eigenvalue weighted by Crippen LogP contribution is -2.35. The number of amides is 1. The van der Waals surface area contributed by atoms with Crippen LogP contribution in [-0.2, 0) is 4.79 Å². The third-order valence-electron chi connectivity index (χ3n) is 7.83. The van der Waals surface area contributed by atoms with E-state index in [0.717, 1.165) is 56.2 Å². The Morgan fingerprint density at radius 1 is 1.04 bits per heavy atom. The summed E-state index contributed by atoms with van der Waals surface area (Å²) >= 11 is 0. The molecule has 0 saturated carbocycles. The lowest BCUT2D eigenvalue weighted by atomic mass is 10.0. The Kier molecular flexibility index (Phi) is 7.90. The van der Waals surface area contributed by atoms with E-state index in [4.69, 9.17) is 14.7 Å². The molecule has 0 spiro atoms. The van der Waals surface area contributed by atoms with Crippen LogP contribution in [0.15, 0.2) is 85.3 Å². The van der Waals surface area contributed by atoms with Crippen LogP contribution in [0.4, 0.5) is 11.5 Å². The second kappa shape index (κ2) is 12.1. The molecule has 0 bridgehead atoms. The zero-order chi connectivity index (χ0) is 31.7. The van der Waals surface area contributed by atoms with Crippen molar-refractivity contribution in [3.63, 3.8) is 0 Å². The molecule has 5 aromatic rings. The number of allylic oxidation sites excluding steroid dienone is 1. The van der Waals surface area contributed by atoms with Crippen molar-refractivity contribution in [3.05, 3.63) is 108 Å². The number of benzene rings is 1. The summed E-state index contributed by atoms with van der Waals surface area (Å²) in [6.07, 6.45) is 7.72. The number of nitrogens with one attached hydrogen (secondary N) is 2. The number of ether oxygens (including phenoxy) is 1. The average Bonchev–Trinajstić information content (AvgIpc) is 3.43. The van der Waals surface area contributed by atoms with Crippen LogP contribution in [0.5, 0.6) is 5.88 Å². The fraction of sp³-hybridized carbons (Fsp3) is 0.167. The number of imidazole rings is 1. The summed E-state index contributed by atoms with van der Waals surface area (Å²) in [6, 6.07) is 17.2. The summed E-state index contributed by atoms with van der Waals surface area (Å²) < 4.78 is 7.45. The first kappa shape index (κ1) is 29.4. The standard InChI is InChI=1S/C36H33N7O2/c1-22-16-18-43-32(19-22)41-34(27-15-17-38-33(21-27)45-6)35(43)28-11-14-31(40-36(44)24(3)37-4)39-29(28)12-8-25-9-13-30-26(20-25)10-7-23(2)42(30)5/h7,9-11,13-21,24,37H,2H2,1,3-6H3,(H,39,40,44)/t24-/m0/s1. The van der Waals surface area contributed by atoms with Crippen molar-refractivity contribution >= 4 is 29.1 Å². The van der Waals surface area contributed by atoms with Crippen LogP contribution in [0.1, 0.15) is 29.3 Å². The van der Waals surface area contributed by atoms with E-state index in [1.807, 2.05) is 90.2 Å². The summed E-state index contributed by atoms with van der Waals surface area (Å²) in [4.78, 5) is 29.0. The van der Waals surface area contributed by atoms with Crippen LogP contribution >= 0.6 is 0 Å². The molecule has 9 heteroatoms. The monoisotopic (exact) mass is 595 g/mol. The fourth-order valence-electron chi connectivity index (χ4n) is 5.11. The van der Waals surface area contributed by atoms with Gasteiger partial charge >= 0.3 is 0 Å². The Balaban J connectivity index is 1.54. The van der Waals surface area contributed by atoms with E-state index in [-0.39, 0.29) is 5.91 Å². The van der Waals surface area contributed by atoms with Gasteiger partial charge in [-0.2, -0.15) is 0 Å². The molecule has 45 heavy (non-hydrogen) atoms. The Morgan fingerprint density at radius 2 is 1.89 bits per heavy atom. The second-order valence-corrected chi connectivity index (χ2v) is 10.8. The van der Waals surface area contributed by atoms with E-state index < -0.39 is 6.04 Å². The first-order valence-corrected chi connectivity index (χ1v) is 14.5. The second-order valence-electron chi connectivity index (χ2n) is 10.8. The highest BCUT2D eigenvalue weighted by molar-refractivity contribution is 5.94. The maximum absolute atomic E-state index is 12.7. The molecule has 4 aromatic heterocycles. The van der Waals surface area contributed by atoms with Gasteiger partial charge in [-0.05, 0) is 92.5 Å². The van der Waals surface area contributed by atoms with E-state index in [0.29, 0.717) is 17.4 Å². The van der Waals surface area contributed by atoms with Crippen LogP contribution in [0.25, 0.3) is 34.2 Å². The molecule has 1 aromatic carbocycles. The lowest BCUT2D eigenvalue weighted by molar-refractivity contribution is -0.117. The highest BCUT2D eigenvalue weighted by atomic mass is 16.5. The van der Waals surface area contributed by atoms with E-state index in [1.54, 1.807) is 33.3 Å². The molecule has 6 rings (SSSR count). The summed E-state index contributed by atoms with van der Waals surface area (Å²) in [5.41, 5.74) is 9.37. The average molecular weight is 596 g/mol. The van der Waals surface area contributed by atoms with Crippen molar-refractivity contribution in [2.45, 2.75) is 19.9 Å². The summed E-state index contributed by atoms with van der Waals surface area (Å²) in [5, 5.41) is 5.87. The first-order chi connectivity index (χ1) is 21.7. The van der Waals surface area contributed by atoms with Gasteiger partial charge in [-0.3, -0.25) is 9.20 Å². The number of anilines is 2. The van der Waals surface area contributed by atoms with Gasteiger partial charge < -0.3 is 20.3 Å². The molecule has 0 aliphatic carbocycles. The van der Waals surface area contributed by atoms with Crippen LogP contribution in [-0.4, -0.2) is 52.5 Å². The van der Waals surface area contributed by atoms with E-state index >= 15 is 0 Å². The molecule has 2 N–H and O–H groups in total. The Labute approximate surface area is 262 Å². The van der Waals surface area contributed by atoms with Crippen molar-refractivity contribution in [2.24, 2.45) is 0 Å². The molecule has 0 radical (unpaired) electrons. The van der Waals surface area contributed by atoms with Crippen molar-refractivity contribution in [3.8, 4) is 40.2 Å². The minimum absolute atomic E-state index is 0.196. The number of pyridine rings is 3. The van der Waals surface area contributed by atoms with Crippen LogP contribution in [0.3, 0.4) is 0 Å². The topological polar surface area (TPSA) is 96.7 Å². The zero-order valence-electron chi connectivity index (χ0n) is 25.8. The zero-order valence-corrected chi connectivity index (χ0v) is 25.8. The van der Waals surface area contributed by atoms with Gasteiger partial charge in [-0.15, -0.1) is 0 Å². The summed E-state index contributed by atoms with van der Waals surface area (Å²) in [5.74, 6) is 7.33. The maximum Gasteiger partial charge on any atom is 0.242 e. The number of nitrogens with zero attached hydrogens (tertiary/aromatic N) is 5. The van der Waals surface area contributed by atoms with E-state index in [2.05, 4.69) is 34.0 Å². The fourth-order valence-corrected chi connectivity index (χ4v) is 5.11. The minimum Gasteiger partial charge on any atom is -0.481 e. The van der Waals surface area contributed by atoms with Gasteiger partial charge in [-0.25, -0.2) is 15.0 Å². The number of carbonyl (C=O) groups is 1. The number of aromatic nitrogens is 4. The smallest absolute Gasteiger partial charge is 0.242 e. The van der Waals surface area contributed by atoms with Crippen molar-refractivity contribution in [1.82, 2.24) is 24.7 Å². The molecule has 9 nitrogen and oxygen atoms in total. The molecule has 0 unspecified atom stereocenters. The van der Waals surface area contributed by atoms with Crippen LogP contribution < -0.4 is 20.3 Å². The number of rotatable bonds is 6. The normalized spacial score (nSPS) is 12.8. The molecule has 5 heterocycles. The third kappa shape index (κ3) is 5.79. The van der Waals surface area contributed by atoms with Gasteiger partial charge in [0.05, 0.1) is 24.5 Å². The largest absolute Gasteiger partial charge is 0.481 e. The van der Waals surface area contributed by atoms with Gasteiger partial charge in [0, 0.05) is 53.6 Å². The van der Waals surface area contributed by atoms with Crippen molar-refractivity contribution in [1.29, 1.82) is 0 Å². The first-order valence-electron chi connectivity index (χ1n) is 14.5. The Hall–Kier alpha value is -5.72. The highest BCUT2D eigenvalue weighted by Crippen LogP contribution is 2.36. The van der Waals surface area contributed by atoms with Gasteiger partial charge in [0.2, 0.25) is 11.8 Å². The van der Waals surface area contributed by atoms with Gasteiger partial charge in [-0.1, -0.05) is 18.6 Å². The maximum atomic E-state index is 12.7. The van der Waals surface area contributed by atoms with E-state index in [9.17, 15) is 4.79 Å². The van der Waals surface area contributed by atoms with Crippen LogP contribution in [0.2, 0.25) is 0 Å². The number of likely N-dealkylation sites (N-methyl/N-ethyl adjacent to an activating group) is 2. The molecule has 0 saturated heterocycles. The Bertz CT molecular complexity index is 2070. The number of carbonyl (C=O) groups excluding carboxylic acids is 1. The van der Waals surface area contributed by atoms with Crippen molar-refractivity contribution in [2.75, 3.05) is 31.4 Å². The summed E-state index contributed by atoms with van der Waals surface area (Å²) in [6.45, 7) is 7.91. The molecule has 1 atom stereocenters. The summed E-state index contributed by atoms with van der Waals surface area (Å²) in [7, 11) is 5.32. The quantitative estimate of drug-likeness (QED) is 0.243. The molecule has 224 valence electrons. The third-order valence-corrected chi connectivity index (χ3v) is 7.83. The number of fused-ring (bicyclic) bond motifs is 2. The van der Waals surface area contributed by atoms with E-state index in [1.165, 1.54) is 0 Å². The Morgan fingerprint density at radius 3 is 2.69 bits per heavy atom. The van der Waals surface area contributed by atoms with Crippen molar-refractivity contribution < 1.29 is 9.53 Å². The lowest BCUT2D eigenvalue weighted by Gasteiger charge is -2.25. The predicted octanol–water partition coefficient (Wildman–Crippen LogP) is 5.70. The van der Waals surface area contributed by atoms with Gasteiger partial charge in [0.25, 0.3) is 0 Å². The highest BCUT2D eigenvalue weighted by Gasteiger charge is 2.21. The SMILES string of the molecule is C=C1C=Cc2cc(C#Cc3nc(NC(=O)[C@H](C)NC)ccc3-c3c(-c4ccnc(OC)c4)nc4cc(C)ccn34)ccc2N1C. The molecular weight excluding hydrogens is 562 g/mol. The molecule has 1 amide bonds. The number of hydrogen-bond acceptors (Lipinski definition) is 7. The number of aryl methyl sites for hydroxylation is 1. The molecular formula is C36H33N7O2. The minimum atomic E-state index is -0.394.